The fourth-order valence-electron chi connectivity index (χ4n) is 4.22. The quantitative estimate of drug-likeness (QED) is 0.269. The van der Waals surface area contributed by atoms with E-state index in [4.69, 9.17) is 4.42 Å². The Kier molecular flexibility index (Phi) is 6.87. The second kappa shape index (κ2) is 10.2. The van der Waals surface area contributed by atoms with Crippen molar-refractivity contribution in [1.29, 1.82) is 0 Å². The number of alkyl halides is 6. The van der Waals surface area contributed by atoms with Gasteiger partial charge in [0.1, 0.15) is 11.5 Å². The Balaban J connectivity index is 1.52. The summed E-state index contributed by atoms with van der Waals surface area (Å²) < 4.78 is 86.5. The zero-order valence-corrected chi connectivity index (χ0v) is 20.2. The normalized spacial score (nSPS) is 17.9. The molecule has 0 saturated carbocycles. The molecule has 2 unspecified atom stereocenters. The summed E-state index contributed by atoms with van der Waals surface area (Å²) in [7, 11) is 0. The number of nitrogens with zero attached hydrogens (tertiary/aromatic N) is 2. The van der Waals surface area contributed by atoms with E-state index in [1.807, 2.05) is 0 Å². The van der Waals surface area contributed by atoms with Gasteiger partial charge in [-0.05, 0) is 35.9 Å². The minimum atomic E-state index is -5.13. The highest BCUT2D eigenvalue weighted by Crippen LogP contribution is 2.37. The second-order valence-electron chi connectivity index (χ2n) is 8.89. The van der Waals surface area contributed by atoms with E-state index in [1.165, 1.54) is 12.3 Å². The van der Waals surface area contributed by atoms with Gasteiger partial charge in [-0.15, -0.1) is 0 Å². The molecule has 40 heavy (non-hydrogen) atoms. The molecule has 2 aromatic heterocycles. The number of rotatable bonds is 5. The second-order valence-corrected chi connectivity index (χ2v) is 8.89. The monoisotopic (exact) mass is 563 g/mol. The van der Waals surface area contributed by atoms with Crippen LogP contribution in [0.1, 0.15) is 45.8 Å². The van der Waals surface area contributed by atoms with Gasteiger partial charge < -0.3 is 15.1 Å². The number of aromatic nitrogens is 2. The predicted molar refractivity (Wildman–Crippen MR) is 128 cm³/mol. The largest absolute Gasteiger partial charge is 0.463 e. The topological polar surface area (TPSA) is 101 Å². The number of carbonyl (C=O) groups excluding carboxylic acids is 2. The molecule has 1 aliphatic heterocycles. The number of amides is 2. The van der Waals surface area contributed by atoms with Crippen LogP contribution in [0, 0.1) is 0 Å². The molecule has 5 rings (SSSR count). The van der Waals surface area contributed by atoms with E-state index in [0.717, 1.165) is 10.2 Å². The predicted octanol–water partition coefficient (Wildman–Crippen LogP) is 5.74. The van der Waals surface area contributed by atoms with Crippen molar-refractivity contribution in [2.24, 2.45) is 0 Å². The molecule has 1 aliphatic rings. The lowest BCUT2D eigenvalue weighted by Gasteiger charge is -2.32. The molecule has 1 saturated heterocycles. The Morgan fingerprint density at radius 3 is 2.23 bits per heavy atom. The SMILES string of the molecule is O=C1CC(c2ccccc2)NC(n2nc(-c3ccco3)cc2NC(=O)c2cc(C(F)(F)F)cc(C(F)(F)F)c2)N1. The van der Waals surface area contributed by atoms with Crippen LogP contribution in [0.4, 0.5) is 32.2 Å². The Bertz CT molecular complexity index is 1500. The van der Waals surface area contributed by atoms with Crippen LogP contribution in [0.3, 0.4) is 0 Å². The number of halogens is 6. The average Bonchev–Trinajstić information content (AvgIpc) is 3.58. The molecular weight excluding hydrogens is 544 g/mol. The van der Waals surface area contributed by atoms with Crippen molar-refractivity contribution in [2.75, 3.05) is 5.32 Å². The highest BCUT2D eigenvalue weighted by Gasteiger charge is 2.38. The van der Waals surface area contributed by atoms with E-state index in [-0.39, 0.29) is 35.7 Å². The van der Waals surface area contributed by atoms with Crippen LogP contribution in [0.5, 0.6) is 0 Å². The number of hydrogen-bond acceptors (Lipinski definition) is 5. The van der Waals surface area contributed by atoms with Crippen molar-refractivity contribution in [1.82, 2.24) is 20.4 Å². The molecule has 2 atom stereocenters. The first kappa shape index (κ1) is 27.0. The molecule has 2 amide bonds. The highest BCUT2D eigenvalue weighted by atomic mass is 19.4. The van der Waals surface area contributed by atoms with E-state index in [0.29, 0.717) is 12.1 Å². The van der Waals surface area contributed by atoms with Crippen molar-refractivity contribution in [3.05, 3.63) is 95.2 Å². The van der Waals surface area contributed by atoms with Gasteiger partial charge in [0.2, 0.25) is 5.91 Å². The summed E-state index contributed by atoms with van der Waals surface area (Å²) in [4.78, 5) is 25.6. The van der Waals surface area contributed by atoms with Crippen LogP contribution >= 0.6 is 0 Å². The standard InChI is InChI=1S/C26H19F6N5O3/c27-25(28,29)16-9-15(10-17(11-16)26(30,31)32)23(39)34-21-12-19(20-7-4-8-40-20)36-37(21)24-33-18(13-22(38)35-24)14-5-2-1-3-6-14/h1-12,18,24,33H,13H2,(H,34,39)(H,35,38). The Morgan fingerprint density at radius 2 is 1.62 bits per heavy atom. The van der Waals surface area contributed by atoms with E-state index < -0.39 is 47.3 Å². The van der Waals surface area contributed by atoms with E-state index >= 15 is 0 Å². The number of furan rings is 1. The zero-order valence-electron chi connectivity index (χ0n) is 20.2. The Morgan fingerprint density at radius 1 is 0.950 bits per heavy atom. The Labute approximate surface area is 222 Å². The molecule has 2 aromatic carbocycles. The van der Waals surface area contributed by atoms with Crippen LogP contribution in [0.15, 0.2) is 77.4 Å². The van der Waals surface area contributed by atoms with Crippen LogP contribution < -0.4 is 16.0 Å². The molecule has 0 radical (unpaired) electrons. The maximum Gasteiger partial charge on any atom is 0.416 e. The van der Waals surface area contributed by atoms with E-state index in [1.54, 1.807) is 42.5 Å². The molecule has 208 valence electrons. The number of anilines is 1. The van der Waals surface area contributed by atoms with Crippen molar-refractivity contribution in [2.45, 2.75) is 31.1 Å². The third-order valence-corrected chi connectivity index (χ3v) is 6.09. The molecule has 1 fully saturated rings. The molecule has 3 N–H and O–H groups in total. The van der Waals surface area contributed by atoms with Crippen molar-refractivity contribution >= 4 is 17.6 Å². The van der Waals surface area contributed by atoms with Crippen LogP contribution in [-0.4, -0.2) is 21.6 Å². The Hall–Kier alpha value is -4.59. The first-order chi connectivity index (χ1) is 18.9. The van der Waals surface area contributed by atoms with Crippen molar-refractivity contribution in [3.63, 3.8) is 0 Å². The summed E-state index contributed by atoms with van der Waals surface area (Å²) in [5.41, 5.74) is -3.18. The van der Waals surface area contributed by atoms with Gasteiger partial charge >= 0.3 is 12.4 Å². The summed E-state index contributed by atoms with van der Waals surface area (Å²) in [6, 6.07) is 13.6. The molecule has 4 aromatic rings. The number of carbonyl (C=O) groups is 2. The zero-order chi connectivity index (χ0) is 28.7. The molecule has 14 heteroatoms. The molecule has 0 aliphatic carbocycles. The maximum absolute atomic E-state index is 13.3. The van der Waals surface area contributed by atoms with Gasteiger partial charge in [0.05, 0.1) is 17.4 Å². The highest BCUT2D eigenvalue weighted by molar-refractivity contribution is 6.04. The van der Waals surface area contributed by atoms with Gasteiger partial charge in [-0.1, -0.05) is 30.3 Å². The fourth-order valence-corrected chi connectivity index (χ4v) is 4.22. The summed E-state index contributed by atoms with van der Waals surface area (Å²) in [6.45, 7) is 0. The number of hydrogen-bond donors (Lipinski definition) is 3. The van der Waals surface area contributed by atoms with Crippen molar-refractivity contribution < 1.29 is 40.3 Å². The van der Waals surface area contributed by atoms with Crippen LogP contribution in [0.25, 0.3) is 11.5 Å². The van der Waals surface area contributed by atoms with Crippen molar-refractivity contribution in [3.8, 4) is 11.5 Å². The summed E-state index contributed by atoms with van der Waals surface area (Å²) in [5.74, 6) is -1.49. The van der Waals surface area contributed by atoms with Gasteiger partial charge in [-0.3, -0.25) is 14.9 Å². The molecule has 8 nitrogen and oxygen atoms in total. The van der Waals surface area contributed by atoms with Gasteiger partial charge in [0, 0.05) is 24.1 Å². The lowest BCUT2D eigenvalue weighted by Crippen LogP contribution is -2.50. The number of benzene rings is 2. The van der Waals surface area contributed by atoms with Crippen LogP contribution in [-0.2, 0) is 17.1 Å². The first-order valence-electron chi connectivity index (χ1n) is 11.7. The van der Waals surface area contributed by atoms with Gasteiger partial charge in [0.25, 0.3) is 5.91 Å². The van der Waals surface area contributed by atoms with Crippen LogP contribution in [0.2, 0.25) is 0 Å². The molecule has 3 heterocycles. The lowest BCUT2D eigenvalue weighted by molar-refractivity contribution is -0.143. The molecule has 0 bridgehead atoms. The number of nitrogens with one attached hydrogen (secondary N) is 3. The van der Waals surface area contributed by atoms with E-state index in [9.17, 15) is 35.9 Å². The fraction of sp³-hybridized carbons (Fsp3) is 0.192. The third kappa shape index (κ3) is 5.71. The molecule has 0 spiro atoms. The minimum Gasteiger partial charge on any atom is -0.463 e. The lowest BCUT2D eigenvalue weighted by atomic mass is 10.0. The van der Waals surface area contributed by atoms with Gasteiger partial charge in [0.15, 0.2) is 12.0 Å². The summed E-state index contributed by atoms with van der Waals surface area (Å²) in [5, 5.41) is 12.5. The first-order valence-corrected chi connectivity index (χ1v) is 11.7. The van der Waals surface area contributed by atoms with Gasteiger partial charge in [-0.2, -0.15) is 31.4 Å². The third-order valence-electron chi connectivity index (χ3n) is 6.09. The minimum absolute atomic E-state index is 0.0682. The smallest absolute Gasteiger partial charge is 0.416 e. The van der Waals surface area contributed by atoms with E-state index in [2.05, 4.69) is 21.0 Å². The van der Waals surface area contributed by atoms with Gasteiger partial charge in [-0.25, -0.2) is 4.68 Å². The summed E-state index contributed by atoms with van der Waals surface area (Å²) in [6.07, 6.45) is -9.86. The average molecular weight is 563 g/mol. The maximum atomic E-state index is 13.3. The molecular formula is C26H19F6N5O3. The summed E-state index contributed by atoms with van der Waals surface area (Å²) >= 11 is 0.